The van der Waals surface area contributed by atoms with Gasteiger partial charge in [-0.3, -0.25) is 9.59 Å². The highest BCUT2D eigenvalue weighted by molar-refractivity contribution is 6.06. The number of aliphatic carboxylic acids is 1. The van der Waals surface area contributed by atoms with E-state index in [1.54, 1.807) is 36.4 Å². The molecule has 0 saturated heterocycles. The topological polar surface area (TPSA) is 106 Å². The van der Waals surface area contributed by atoms with E-state index in [9.17, 15) is 9.59 Å². The van der Waals surface area contributed by atoms with Gasteiger partial charge in [0.1, 0.15) is 6.04 Å². The molecule has 0 aliphatic rings. The van der Waals surface area contributed by atoms with Gasteiger partial charge in [-0.1, -0.05) is 30.3 Å². The Kier molecular flexibility index (Phi) is 4.17. The lowest BCUT2D eigenvalue weighted by molar-refractivity contribution is -0.138. The zero-order valence-electron chi connectivity index (χ0n) is 10.6. The van der Waals surface area contributed by atoms with Crippen molar-refractivity contribution >= 4 is 11.8 Å². The predicted octanol–water partition coefficient (Wildman–Crippen LogP) is 0.662. The van der Waals surface area contributed by atoms with Gasteiger partial charge in [-0.25, -0.2) is 9.97 Å². The highest BCUT2D eigenvalue weighted by atomic mass is 16.4. The molecule has 6 nitrogen and oxygen atoms in total. The van der Waals surface area contributed by atoms with Crippen LogP contribution in [0.4, 0.5) is 0 Å². The van der Waals surface area contributed by atoms with Gasteiger partial charge in [0, 0.05) is 23.9 Å². The van der Waals surface area contributed by atoms with Crippen LogP contribution in [0.1, 0.15) is 21.9 Å². The summed E-state index contributed by atoms with van der Waals surface area (Å²) in [6, 6.07) is 9.13. The third kappa shape index (κ3) is 3.24. The Balaban J connectivity index is 2.22. The number of nitrogens with zero attached hydrogens (tertiary/aromatic N) is 2. The first-order valence-corrected chi connectivity index (χ1v) is 5.98. The fraction of sp³-hybridized carbons (Fsp3) is 0.143. The molecule has 1 aromatic heterocycles. The number of carboxylic acids is 1. The molecule has 102 valence electrons. The summed E-state index contributed by atoms with van der Waals surface area (Å²) in [5, 5.41) is 8.76. The van der Waals surface area contributed by atoms with Gasteiger partial charge in [0.05, 0.1) is 0 Å². The van der Waals surface area contributed by atoms with Crippen LogP contribution in [0.15, 0.2) is 42.6 Å². The number of carbonyl (C=O) groups excluding carboxylic acids is 1. The molecule has 2 rings (SSSR count). The van der Waals surface area contributed by atoms with Gasteiger partial charge in [-0.05, 0) is 6.07 Å². The first-order chi connectivity index (χ1) is 9.58. The second kappa shape index (κ2) is 6.03. The smallest absolute Gasteiger partial charge is 0.320 e. The summed E-state index contributed by atoms with van der Waals surface area (Å²) in [6.07, 6.45) is 1.47. The van der Waals surface area contributed by atoms with Crippen molar-refractivity contribution in [2.45, 2.75) is 12.5 Å². The van der Waals surface area contributed by atoms with E-state index < -0.39 is 12.0 Å². The minimum atomic E-state index is -1.11. The molecule has 1 atom stereocenters. The monoisotopic (exact) mass is 271 g/mol. The maximum absolute atomic E-state index is 12.1. The number of aromatic nitrogens is 2. The molecule has 1 heterocycles. The minimum absolute atomic E-state index is 0.0336. The maximum Gasteiger partial charge on any atom is 0.320 e. The van der Waals surface area contributed by atoms with Crippen molar-refractivity contribution in [1.29, 1.82) is 0 Å². The van der Waals surface area contributed by atoms with Crippen molar-refractivity contribution in [2.24, 2.45) is 5.73 Å². The van der Waals surface area contributed by atoms with Crippen molar-refractivity contribution in [1.82, 2.24) is 9.97 Å². The van der Waals surface area contributed by atoms with Gasteiger partial charge in [-0.2, -0.15) is 0 Å². The Morgan fingerprint density at radius 1 is 1.20 bits per heavy atom. The van der Waals surface area contributed by atoms with Crippen molar-refractivity contribution in [3.63, 3.8) is 0 Å². The number of benzene rings is 1. The third-order valence-corrected chi connectivity index (χ3v) is 2.70. The van der Waals surface area contributed by atoms with E-state index in [1.165, 1.54) is 6.20 Å². The molecule has 0 fully saturated rings. The number of hydrogen-bond acceptors (Lipinski definition) is 5. The lowest BCUT2D eigenvalue weighted by atomic mass is 10.1. The van der Waals surface area contributed by atoms with E-state index in [2.05, 4.69) is 9.97 Å². The van der Waals surface area contributed by atoms with Gasteiger partial charge < -0.3 is 10.8 Å². The van der Waals surface area contributed by atoms with Crippen LogP contribution in [0, 0.1) is 0 Å². The SMILES string of the molecule is N[C@@H](Cc1ccnc(C(=O)c2ccccc2)n1)C(=O)O. The fourth-order valence-corrected chi connectivity index (χ4v) is 1.65. The average Bonchev–Trinajstić information content (AvgIpc) is 2.47. The third-order valence-electron chi connectivity index (χ3n) is 2.70. The van der Waals surface area contributed by atoms with E-state index in [4.69, 9.17) is 10.8 Å². The van der Waals surface area contributed by atoms with Crippen molar-refractivity contribution in [2.75, 3.05) is 0 Å². The number of carboxylic acid groups (broad SMARTS) is 1. The van der Waals surface area contributed by atoms with E-state index in [0.717, 1.165) is 0 Å². The molecule has 20 heavy (non-hydrogen) atoms. The molecule has 0 spiro atoms. The van der Waals surface area contributed by atoms with Gasteiger partial charge in [-0.15, -0.1) is 0 Å². The summed E-state index contributed by atoms with van der Waals surface area (Å²) >= 11 is 0. The molecule has 0 unspecified atom stereocenters. The summed E-state index contributed by atoms with van der Waals surface area (Å²) in [7, 11) is 0. The Labute approximate surface area is 115 Å². The molecule has 6 heteroatoms. The van der Waals surface area contributed by atoms with Crippen LogP contribution in [0.5, 0.6) is 0 Å². The number of hydrogen-bond donors (Lipinski definition) is 2. The summed E-state index contributed by atoms with van der Waals surface area (Å²) < 4.78 is 0. The molecular weight excluding hydrogens is 258 g/mol. The minimum Gasteiger partial charge on any atom is -0.480 e. The lowest BCUT2D eigenvalue weighted by Gasteiger charge is -2.06. The van der Waals surface area contributed by atoms with Crippen LogP contribution in [0.3, 0.4) is 0 Å². The summed E-state index contributed by atoms with van der Waals surface area (Å²) in [5.74, 6) is -1.39. The Bertz CT molecular complexity index is 629. The van der Waals surface area contributed by atoms with Crippen LogP contribution < -0.4 is 5.73 Å². The molecule has 0 amide bonds. The van der Waals surface area contributed by atoms with Gasteiger partial charge in [0.25, 0.3) is 0 Å². The van der Waals surface area contributed by atoms with Crippen LogP contribution >= 0.6 is 0 Å². The molecule has 1 aromatic carbocycles. The van der Waals surface area contributed by atoms with Crippen molar-refractivity contribution in [3.05, 3.63) is 59.7 Å². The van der Waals surface area contributed by atoms with E-state index in [1.807, 2.05) is 0 Å². The maximum atomic E-state index is 12.1. The zero-order valence-corrected chi connectivity index (χ0v) is 10.6. The Morgan fingerprint density at radius 2 is 1.90 bits per heavy atom. The van der Waals surface area contributed by atoms with Crippen LogP contribution in [-0.2, 0) is 11.2 Å². The standard InChI is InChI=1S/C14H13N3O3/c15-11(14(19)20)8-10-6-7-16-13(17-10)12(18)9-4-2-1-3-5-9/h1-7,11H,8,15H2,(H,19,20)/t11-/m0/s1. The second-order valence-corrected chi connectivity index (χ2v) is 4.22. The zero-order chi connectivity index (χ0) is 14.5. The molecule has 0 bridgehead atoms. The number of ketones is 1. The van der Waals surface area contributed by atoms with Gasteiger partial charge in [0.2, 0.25) is 11.6 Å². The van der Waals surface area contributed by atoms with E-state index >= 15 is 0 Å². The fourth-order valence-electron chi connectivity index (χ4n) is 1.65. The molecule has 0 aliphatic heterocycles. The first kappa shape index (κ1) is 13.8. The highest BCUT2D eigenvalue weighted by Gasteiger charge is 2.16. The lowest BCUT2D eigenvalue weighted by Crippen LogP contribution is -2.32. The molecule has 0 aliphatic carbocycles. The predicted molar refractivity (Wildman–Crippen MR) is 71.2 cm³/mol. The first-order valence-electron chi connectivity index (χ1n) is 5.98. The molecular formula is C14H13N3O3. The second-order valence-electron chi connectivity index (χ2n) is 4.22. The van der Waals surface area contributed by atoms with Crippen molar-refractivity contribution in [3.8, 4) is 0 Å². The van der Waals surface area contributed by atoms with Gasteiger partial charge in [0.15, 0.2) is 0 Å². The van der Waals surface area contributed by atoms with Crippen LogP contribution in [-0.4, -0.2) is 32.9 Å². The highest BCUT2D eigenvalue weighted by Crippen LogP contribution is 2.07. The average molecular weight is 271 g/mol. The normalized spacial score (nSPS) is 11.8. The molecule has 0 radical (unpaired) electrons. The summed E-state index contributed by atoms with van der Waals surface area (Å²) in [4.78, 5) is 30.8. The molecule has 2 aromatic rings. The molecule has 3 N–H and O–H groups in total. The van der Waals surface area contributed by atoms with E-state index in [0.29, 0.717) is 11.3 Å². The number of rotatable bonds is 5. The summed E-state index contributed by atoms with van der Waals surface area (Å²) in [5.41, 5.74) is 6.34. The Morgan fingerprint density at radius 3 is 2.55 bits per heavy atom. The van der Waals surface area contributed by atoms with Crippen LogP contribution in [0.25, 0.3) is 0 Å². The van der Waals surface area contributed by atoms with Crippen molar-refractivity contribution < 1.29 is 14.7 Å². The molecule has 0 saturated carbocycles. The number of carbonyl (C=O) groups is 2. The van der Waals surface area contributed by atoms with E-state index in [-0.39, 0.29) is 18.0 Å². The largest absolute Gasteiger partial charge is 0.480 e. The quantitative estimate of drug-likeness (QED) is 0.774. The number of nitrogens with two attached hydrogens (primary N) is 1. The Hall–Kier alpha value is -2.60. The van der Waals surface area contributed by atoms with Gasteiger partial charge >= 0.3 is 5.97 Å². The summed E-state index contributed by atoms with van der Waals surface area (Å²) in [6.45, 7) is 0. The van der Waals surface area contributed by atoms with Crippen LogP contribution in [0.2, 0.25) is 0 Å².